The highest BCUT2D eigenvalue weighted by atomic mass is 35.5. The van der Waals surface area contributed by atoms with E-state index in [1.54, 1.807) is 6.08 Å². The monoisotopic (exact) mass is 710 g/mol. The number of imidazole rings is 1. The fourth-order valence-corrected chi connectivity index (χ4v) is 8.98. The summed E-state index contributed by atoms with van der Waals surface area (Å²) in [5, 5.41) is 0.761. The van der Waals surface area contributed by atoms with Gasteiger partial charge in [0.25, 0.3) is 0 Å². The summed E-state index contributed by atoms with van der Waals surface area (Å²) in [6.45, 7) is 19.7. The van der Waals surface area contributed by atoms with Crippen LogP contribution in [0.1, 0.15) is 103 Å². The predicted octanol–water partition coefficient (Wildman–Crippen LogP) is 11.7. The summed E-state index contributed by atoms with van der Waals surface area (Å²) in [6, 6.07) is 14.2. The fourth-order valence-electron chi connectivity index (χ4n) is 8.67. The van der Waals surface area contributed by atoms with Crippen molar-refractivity contribution >= 4 is 28.3 Å². The number of nitrogens with zero attached hydrogens (tertiary/aromatic N) is 4. The summed E-state index contributed by atoms with van der Waals surface area (Å²) < 4.78 is 18.0. The van der Waals surface area contributed by atoms with Crippen molar-refractivity contribution in [2.45, 2.75) is 125 Å². The van der Waals surface area contributed by atoms with Crippen molar-refractivity contribution in [1.29, 1.82) is 0 Å². The van der Waals surface area contributed by atoms with E-state index in [1.165, 1.54) is 54.4 Å². The number of benzene rings is 2. The molecule has 1 aromatic heterocycles. The lowest BCUT2D eigenvalue weighted by atomic mass is 9.70. The van der Waals surface area contributed by atoms with E-state index >= 15 is 4.39 Å². The molecule has 2 saturated carbocycles. The minimum absolute atomic E-state index is 0.0358. The third kappa shape index (κ3) is 8.34. The summed E-state index contributed by atoms with van der Waals surface area (Å²) in [5.74, 6) is 4.44. The number of aromatic nitrogens is 2. The molecule has 0 N–H and O–H groups in total. The Balaban J connectivity index is 0.000000959. The molecule has 2 aromatic carbocycles. The first-order valence-electron chi connectivity index (χ1n) is 19.5. The van der Waals surface area contributed by atoms with Gasteiger partial charge in [-0.3, -0.25) is 4.90 Å². The summed E-state index contributed by atoms with van der Waals surface area (Å²) >= 11 is 6.74. The second-order valence-corrected chi connectivity index (χ2v) is 15.5. The number of fused-ring (bicyclic) bond motifs is 2. The highest BCUT2D eigenvalue weighted by Gasteiger charge is 2.44. The minimum atomic E-state index is -0.287. The molecule has 0 radical (unpaired) electrons. The van der Waals surface area contributed by atoms with Crippen molar-refractivity contribution in [2.24, 2.45) is 17.3 Å². The van der Waals surface area contributed by atoms with Gasteiger partial charge in [0.1, 0.15) is 17.2 Å². The van der Waals surface area contributed by atoms with Gasteiger partial charge in [-0.05, 0) is 98.6 Å². The summed E-state index contributed by atoms with van der Waals surface area (Å²) in [5.41, 5.74) is 6.51. The number of hydrogen-bond donors (Lipinski definition) is 0. The van der Waals surface area contributed by atoms with Crippen LogP contribution in [0, 0.1) is 36.5 Å². The molecule has 4 aliphatic rings. The smallest absolute Gasteiger partial charge is 0.124 e. The number of aryl methyl sites for hydroxylation is 1. The molecular weight excluding hydrogens is 651 g/mol. The van der Waals surface area contributed by atoms with Gasteiger partial charge in [-0.2, -0.15) is 0 Å². The van der Waals surface area contributed by atoms with E-state index in [4.69, 9.17) is 23.0 Å². The summed E-state index contributed by atoms with van der Waals surface area (Å²) in [6.07, 6.45) is 20.8. The Kier molecular flexibility index (Phi) is 13.3. The van der Waals surface area contributed by atoms with Gasteiger partial charge in [-0.1, -0.05) is 94.5 Å². The van der Waals surface area contributed by atoms with Gasteiger partial charge in [0, 0.05) is 49.7 Å². The molecule has 4 nitrogen and oxygen atoms in total. The van der Waals surface area contributed by atoms with Crippen molar-refractivity contribution in [2.75, 3.05) is 18.0 Å². The van der Waals surface area contributed by atoms with Crippen LogP contribution in [0.4, 0.5) is 10.1 Å². The number of terminal acetylenes is 1. The summed E-state index contributed by atoms with van der Waals surface area (Å²) in [7, 11) is 0. The molecular formula is C45H60ClFN4. The van der Waals surface area contributed by atoms with Crippen molar-refractivity contribution < 1.29 is 4.39 Å². The lowest BCUT2D eigenvalue weighted by Crippen LogP contribution is -2.64. The average Bonchev–Trinajstić information content (AvgIpc) is 3.41. The topological polar surface area (TPSA) is 24.3 Å². The molecule has 4 atom stereocenters. The van der Waals surface area contributed by atoms with E-state index in [-0.39, 0.29) is 17.2 Å². The number of hydrogen-bond acceptors (Lipinski definition) is 3. The third-order valence-electron chi connectivity index (χ3n) is 11.5. The largest absolute Gasteiger partial charge is 0.365 e. The lowest BCUT2D eigenvalue weighted by Gasteiger charge is -2.55. The van der Waals surface area contributed by atoms with E-state index < -0.39 is 0 Å². The normalized spacial score (nSPS) is 22.7. The Bertz CT molecular complexity index is 1760. The molecule has 7 rings (SSSR count). The van der Waals surface area contributed by atoms with Crippen LogP contribution in [-0.4, -0.2) is 39.6 Å². The number of anilines is 1. The SMILES string of the molecule is C#CC1C=CC(C(C)(CCC)Cc2ccccc2N2CCN(Cc3nc4c(Cl)cc(C)cc4n3CC3CCC3)C3CCC32)=C(F)C1.C=CC.CC. The third-order valence-corrected chi connectivity index (χ3v) is 11.8. The van der Waals surface area contributed by atoms with Gasteiger partial charge in [0.2, 0.25) is 0 Å². The Morgan fingerprint density at radius 1 is 1.12 bits per heavy atom. The van der Waals surface area contributed by atoms with Crippen LogP contribution in [0.2, 0.25) is 5.02 Å². The van der Waals surface area contributed by atoms with Crippen LogP contribution in [0.15, 0.2) is 72.6 Å². The number of rotatable bonds is 10. The van der Waals surface area contributed by atoms with Crippen molar-refractivity contribution in [3.8, 4) is 12.3 Å². The Labute approximate surface area is 312 Å². The van der Waals surface area contributed by atoms with Crippen LogP contribution in [0.3, 0.4) is 0 Å². The maximum atomic E-state index is 15.5. The molecule has 3 aromatic rings. The van der Waals surface area contributed by atoms with Gasteiger partial charge in [-0.15, -0.1) is 13.0 Å². The maximum Gasteiger partial charge on any atom is 0.124 e. The average molecular weight is 711 g/mol. The predicted molar refractivity (Wildman–Crippen MR) is 216 cm³/mol. The van der Waals surface area contributed by atoms with Crippen LogP contribution >= 0.6 is 11.6 Å². The zero-order valence-corrected chi connectivity index (χ0v) is 32.8. The first-order chi connectivity index (χ1) is 24.7. The molecule has 2 heterocycles. The zero-order valence-electron chi connectivity index (χ0n) is 32.0. The molecule has 51 heavy (non-hydrogen) atoms. The molecule has 3 aliphatic carbocycles. The van der Waals surface area contributed by atoms with Crippen molar-refractivity contribution in [3.63, 3.8) is 0 Å². The quantitative estimate of drug-likeness (QED) is 0.155. The van der Waals surface area contributed by atoms with Gasteiger partial charge < -0.3 is 9.47 Å². The Hall–Kier alpha value is -3.33. The molecule has 274 valence electrons. The van der Waals surface area contributed by atoms with E-state index in [0.29, 0.717) is 18.5 Å². The van der Waals surface area contributed by atoms with Gasteiger partial charge in [0.15, 0.2) is 0 Å². The van der Waals surface area contributed by atoms with E-state index in [2.05, 4.69) is 78.0 Å². The minimum Gasteiger partial charge on any atom is -0.365 e. The highest BCUT2D eigenvalue weighted by molar-refractivity contribution is 6.35. The Morgan fingerprint density at radius 2 is 1.84 bits per heavy atom. The van der Waals surface area contributed by atoms with Crippen LogP contribution in [-0.2, 0) is 19.5 Å². The van der Waals surface area contributed by atoms with Crippen LogP contribution < -0.4 is 4.90 Å². The first-order valence-corrected chi connectivity index (χ1v) is 19.9. The molecule has 3 fully saturated rings. The molecule has 4 unspecified atom stereocenters. The highest BCUT2D eigenvalue weighted by Crippen LogP contribution is 2.45. The summed E-state index contributed by atoms with van der Waals surface area (Å²) in [4.78, 5) is 10.5. The van der Waals surface area contributed by atoms with Crippen LogP contribution in [0.5, 0.6) is 0 Å². The number of para-hydroxylation sites is 1. The zero-order chi connectivity index (χ0) is 36.7. The number of piperazine rings is 1. The number of allylic oxidation sites excluding steroid dienone is 5. The van der Waals surface area contributed by atoms with E-state index in [1.807, 2.05) is 39.0 Å². The van der Waals surface area contributed by atoms with E-state index in [9.17, 15) is 0 Å². The first kappa shape index (κ1) is 38.9. The molecule has 1 saturated heterocycles. The molecule has 0 amide bonds. The van der Waals surface area contributed by atoms with Gasteiger partial charge in [-0.25, -0.2) is 9.37 Å². The van der Waals surface area contributed by atoms with Crippen molar-refractivity contribution in [1.82, 2.24) is 14.5 Å². The molecule has 0 bridgehead atoms. The van der Waals surface area contributed by atoms with Crippen molar-refractivity contribution in [3.05, 3.63) is 94.6 Å². The second kappa shape index (κ2) is 17.5. The van der Waals surface area contributed by atoms with Crippen LogP contribution in [0.25, 0.3) is 11.0 Å². The molecule has 1 aliphatic heterocycles. The van der Waals surface area contributed by atoms with Gasteiger partial charge >= 0.3 is 0 Å². The molecule has 0 spiro atoms. The Morgan fingerprint density at radius 3 is 2.47 bits per heavy atom. The van der Waals surface area contributed by atoms with E-state index in [0.717, 1.165) is 73.3 Å². The van der Waals surface area contributed by atoms with Gasteiger partial charge in [0.05, 0.1) is 17.1 Å². The standard InChI is InChI=1S/C40H48ClFN4.C3H6.C2H6/c1-5-18-40(4,31-15-14-28(6-2)23-33(31)42)24-30-12-7-8-13-34(30)45-20-19-44(35-16-17-36(35)45)26-38-43-39-32(41)21-27(3)22-37(39)46(38)25-29-10-9-11-29;1-3-2;1-2/h2,7-8,12-15,21-22,28-29,35-36H,5,9-11,16-20,23-26H2,1,3-4H3;3H,1H2,2H3;1-2H3. The lowest BCUT2D eigenvalue weighted by molar-refractivity contribution is 0.0623. The number of halogens is 2. The fraction of sp³-hybridized carbons (Fsp3) is 0.533. The maximum absolute atomic E-state index is 15.5. The second-order valence-electron chi connectivity index (χ2n) is 15.1. The molecule has 6 heteroatoms.